The standard InChI is InChI=1S/C21H16Cl2N4O2S/c22-13-5-1-4-11(19(13)23)17-12(10-24)20(25)27(14-6-2-7-15(28)18(14)17)26-21(29)16-8-3-9-30-16/h1,3-5,8-9,17H,2,6-7,25H2,(H,26,29). The minimum atomic E-state index is -0.737. The van der Waals surface area contributed by atoms with Gasteiger partial charge in [0, 0.05) is 17.7 Å². The third-order valence-corrected chi connectivity index (χ3v) is 6.87. The van der Waals surface area contributed by atoms with Crippen LogP contribution in [0.4, 0.5) is 0 Å². The average Bonchev–Trinajstić information content (AvgIpc) is 3.27. The Hall–Kier alpha value is -2.79. The molecule has 0 spiro atoms. The number of nitrogens with two attached hydrogens (primary N) is 1. The first-order chi connectivity index (χ1) is 14.4. The number of allylic oxidation sites excluding steroid dienone is 3. The van der Waals surface area contributed by atoms with E-state index in [1.807, 2.05) is 0 Å². The lowest BCUT2D eigenvalue weighted by Gasteiger charge is -2.39. The first kappa shape index (κ1) is 20.5. The molecule has 3 N–H and O–H groups in total. The van der Waals surface area contributed by atoms with Gasteiger partial charge in [-0.1, -0.05) is 41.4 Å². The van der Waals surface area contributed by atoms with Crippen LogP contribution >= 0.6 is 34.5 Å². The molecular weight excluding hydrogens is 443 g/mol. The smallest absolute Gasteiger partial charge is 0.280 e. The van der Waals surface area contributed by atoms with E-state index in [-0.39, 0.29) is 28.1 Å². The van der Waals surface area contributed by atoms with Crippen molar-refractivity contribution in [2.75, 3.05) is 0 Å². The van der Waals surface area contributed by atoms with Gasteiger partial charge in [0.25, 0.3) is 5.91 Å². The molecule has 2 heterocycles. The number of nitrogens with one attached hydrogen (secondary N) is 1. The molecule has 0 bridgehead atoms. The largest absolute Gasteiger partial charge is 0.383 e. The second kappa shape index (κ2) is 8.15. The number of thiophene rings is 1. The van der Waals surface area contributed by atoms with Crippen molar-refractivity contribution in [2.24, 2.45) is 5.73 Å². The Morgan fingerprint density at radius 2 is 2.07 bits per heavy atom. The zero-order chi connectivity index (χ0) is 21.4. The van der Waals surface area contributed by atoms with E-state index in [2.05, 4.69) is 11.5 Å². The molecule has 1 unspecified atom stereocenters. The van der Waals surface area contributed by atoms with Gasteiger partial charge in [0.05, 0.1) is 32.5 Å². The lowest BCUT2D eigenvalue weighted by atomic mass is 9.76. The van der Waals surface area contributed by atoms with Crippen molar-refractivity contribution in [3.63, 3.8) is 0 Å². The van der Waals surface area contributed by atoms with Crippen molar-refractivity contribution in [1.82, 2.24) is 10.4 Å². The number of amides is 1. The third kappa shape index (κ3) is 3.37. The number of halogens is 2. The van der Waals surface area contributed by atoms with E-state index in [9.17, 15) is 14.9 Å². The molecule has 1 atom stereocenters. The van der Waals surface area contributed by atoms with Crippen LogP contribution in [-0.4, -0.2) is 16.7 Å². The van der Waals surface area contributed by atoms with Crippen LogP contribution in [0.5, 0.6) is 0 Å². The van der Waals surface area contributed by atoms with Gasteiger partial charge in [-0.05, 0) is 35.9 Å². The van der Waals surface area contributed by atoms with Gasteiger partial charge in [0.1, 0.15) is 5.82 Å². The highest BCUT2D eigenvalue weighted by atomic mass is 35.5. The number of carbonyl (C=O) groups is 2. The number of benzene rings is 1. The van der Waals surface area contributed by atoms with E-state index < -0.39 is 5.92 Å². The summed E-state index contributed by atoms with van der Waals surface area (Å²) in [5.74, 6) is -1.14. The van der Waals surface area contributed by atoms with E-state index >= 15 is 0 Å². The van der Waals surface area contributed by atoms with Crippen LogP contribution in [0, 0.1) is 11.3 Å². The number of nitriles is 1. The molecule has 2 aromatic rings. The Morgan fingerprint density at radius 3 is 2.77 bits per heavy atom. The highest BCUT2D eigenvalue weighted by molar-refractivity contribution is 7.12. The Morgan fingerprint density at radius 1 is 1.27 bits per heavy atom. The SMILES string of the molecule is N#CC1=C(N)N(NC(=O)c2cccs2)C2=C(C(=O)CCC2)C1c1cccc(Cl)c1Cl. The third-order valence-electron chi connectivity index (χ3n) is 5.16. The van der Waals surface area contributed by atoms with Crippen LogP contribution in [0.3, 0.4) is 0 Å². The van der Waals surface area contributed by atoms with Gasteiger partial charge in [0.15, 0.2) is 5.78 Å². The van der Waals surface area contributed by atoms with Crippen LogP contribution in [0.15, 0.2) is 58.4 Å². The molecule has 6 nitrogen and oxygen atoms in total. The summed E-state index contributed by atoms with van der Waals surface area (Å²) in [6.07, 6.45) is 1.49. The van der Waals surface area contributed by atoms with Crippen LogP contribution < -0.4 is 11.2 Å². The highest BCUT2D eigenvalue weighted by Crippen LogP contribution is 2.46. The molecule has 152 valence electrons. The number of hydrogen-bond acceptors (Lipinski definition) is 6. The summed E-state index contributed by atoms with van der Waals surface area (Å²) in [6, 6.07) is 10.7. The molecule has 0 fully saturated rings. The summed E-state index contributed by atoms with van der Waals surface area (Å²) in [6.45, 7) is 0. The van der Waals surface area contributed by atoms with Crippen molar-refractivity contribution >= 4 is 46.2 Å². The number of hydrazine groups is 1. The quantitative estimate of drug-likeness (QED) is 0.704. The van der Waals surface area contributed by atoms with Gasteiger partial charge in [-0.15, -0.1) is 11.3 Å². The molecule has 1 aromatic carbocycles. The lowest BCUT2D eigenvalue weighted by Crippen LogP contribution is -2.48. The molecular formula is C21H16Cl2N4O2S. The maximum Gasteiger partial charge on any atom is 0.280 e. The Balaban J connectivity index is 1.87. The summed E-state index contributed by atoms with van der Waals surface area (Å²) >= 11 is 13.9. The van der Waals surface area contributed by atoms with E-state index in [1.165, 1.54) is 16.3 Å². The predicted octanol–water partition coefficient (Wildman–Crippen LogP) is 4.50. The molecule has 30 heavy (non-hydrogen) atoms. The second-order valence-electron chi connectivity index (χ2n) is 6.88. The van der Waals surface area contributed by atoms with Crippen molar-refractivity contribution in [3.8, 4) is 6.07 Å². The summed E-state index contributed by atoms with van der Waals surface area (Å²) in [7, 11) is 0. The molecule has 0 saturated carbocycles. The predicted molar refractivity (Wildman–Crippen MR) is 116 cm³/mol. The fraction of sp³-hybridized carbons (Fsp3) is 0.190. The maximum atomic E-state index is 13.0. The normalized spacial score (nSPS) is 18.9. The number of hydrogen-bond donors (Lipinski definition) is 2. The zero-order valence-electron chi connectivity index (χ0n) is 15.6. The Kier molecular flexibility index (Phi) is 5.56. The van der Waals surface area contributed by atoms with Crippen molar-refractivity contribution in [3.05, 3.63) is 78.9 Å². The summed E-state index contributed by atoms with van der Waals surface area (Å²) < 4.78 is 0. The summed E-state index contributed by atoms with van der Waals surface area (Å²) in [5, 5.41) is 13.7. The molecule has 4 rings (SSSR count). The first-order valence-electron chi connectivity index (χ1n) is 9.18. The average molecular weight is 459 g/mol. The molecule has 0 radical (unpaired) electrons. The molecule has 1 aliphatic carbocycles. The van der Waals surface area contributed by atoms with E-state index in [0.29, 0.717) is 46.0 Å². The van der Waals surface area contributed by atoms with Gasteiger partial charge >= 0.3 is 0 Å². The second-order valence-corrected chi connectivity index (χ2v) is 8.61. The molecule has 1 amide bonds. The topological polar surface area (TPSA) is 99.2 Å². The van der Waals surface area contributed by atoms with Crippen LogP contribution in [0.25, 0.3) is 0 Å². The van der Waals surface area contributed by atoms with Crippen molar-refractivity contribution in [2.45, 2.75) is 25.2 Å². The molecule has 1 aliphatic heterocycles. The maximum absolute atomic E-state index is 13.0. The fourth-order valence-corrected chi connectivity index (χ4v) is 4.86. The van der Waals surface area contributed by atoms with Gasteiger partial charge < -0.3 is 5.73 Å². The Bertz CT molecular complexity index is 1150. The van der Waals surface area contributed by atoms with Crippen LogP contribution in [-0.2, 0) is 4.79 Å². The van der Waals surface area contributed by atoms with E-state index in [4.69, 9.17) is 28.9 Å². The monoisotopic (exact) mass is 458 g/mol. The minimum Gasteiger partial charge on any atom is -0.383 e. The van der Waals surface area contributed by atoms with E-state index in [1.54, 1.807) is 35.7 Å². The van der Waals surface area contributed by atoms with Crippen LogP contribution in [0.1, 0.15) is 40.4 Å². The number of nitrogens with zero attached hydrogens (tertiary/aromatic N) is 2. The van der Waals surface area contributed by atoms with Gasteiger partial charge in [0.2, 0.25) is 0 Å². The Labute approximate surface area is 187 Å². The molecule has 2 aliphatic rings. The number of rotatable bonds is 3. The first-order valence-corrected chi connectivity index (χ1v) is 10.8. The molecule has 0 saturated heterocycles. The number of Topliss-reactive ketones (excluding diaryl/α,β-unsaturated/α-hetero) is 1. The molecule has 9 heteroatoms. The zero-order valence-corrected chi connectivity index (χ0v) is 17.9. The van der Waals surface area contributed by atoms with E-state index in [0.717, 1.165) is 0 Å². The van der Waals surface area contributed by atoms with Crippen LogP contribution in [0.2, 0.25) is 10.0 Å². The fourth-order valence-electron chi connectivity index (χ4n) is 3.83. The van der Waals surface area contributed by atoms with Gasteiger partial charge in [-0.25, -0.2) is 5.01 Å². The number of carbonyl (C=O) groups excluding carboxylic acids is 2. The number of ketones is 1. The van der Waals surface area contributed by atoms with Crippen molar-refractivity contribution < 1.29 is 9.59 Å². The highest BCUT2D eigenvalue weighted by Gasteiger charge is 2.41. The van der Waals surface area contributed by atoms with Crippen molar-refractivity contribution in [1.29, 1.82) is 5.26 Å². The van der Waals surface area contributed by atoms with Gasteiger partial charge in [-0.3, -0.25) is 15.0 Å². The lowest BCUT2D eigenvalue weighted by molar-refractivity contribution is -0.116. The summed E-state index contributed by atoms with van der Waals surface area (Å²) in [5.41, 5.74) is 10.8. The molecule has 1 aromatic heterocycles. The summed E-state index contributed by atoms with van der Waals surface area (Å²) in [4.78, 5) is 26.2. The van der Waals surface area contributed by atoms with Gasteiger partial charge in [-0.2, -0.15) is 5.26 Å². The minimum absolute atomic E-state index is 0.0666.